The quantitative estimate of drug-likeness (QED) is 0.909. The predicted molar refractivity (Wildman–Crippen MR) is 81.5 cm³/mol. The Bertz CT molecular complexity index is 713. The predicted octanol–water partition coefficient (Wildman–Crippen LogP) is 3.20. The standard InChI is InChI=1S/C16H18F3N3O2/c1-10-7-13(21-20-10)15(23)22(2)14(9-24-3)11-5-4-6-12(8-11)16(17,18)19/h4-8,14H,9H2,1-3H3,(H,20,21)/t14-/m1/s1. The first-order valence-corrected chi connectivity index (χ1v) is 7.19. The minimum atomic E-state index is -4.45. The Kier molecular flexibility index (Phi) is 5.28. The maximum absolute atomic E-state index is 12.9. The van der Waals surface area contributed by atoms with Gasteiger partial charge in [-0.25, -0.2) is 0 Å². The van der Waals surface area contributed by atoms with E-state index < -0.39 is 23.7 Å². The second kappa shape index (κ2) is 7.04. The van der Waals surface area contributed by atoms with Crippen molar-refractivity contribution in [2.24, 2.45) is 0 Å². The van der Waals surface area contributed by atoms with Gasteiger partial charge in [0.2, 0.25) is 0 Å². The van der Waals surface area contributed by atoms with Gasteiger partial charge in [-0.05, 0) is 30.7 Å². The summed E-state index contributed by atoms with van der Waals surface area (Å²) in [4.78, 5) is 13.8. The van der Waals surface area contributed by atoms with Gasteiger partial charge in [0.1, 0.15) is 5.69 Å². The second-order valence-electron chi connectivity index (χ2n) is 5.45. The maximum Gasteiger partial charge on any atom is 0.416 e. The van der Waals surface area contributed by atoms with Crippen LogP contribution in [0, 0.1) is 6.92 Å². The van der Waals surface area contributed by atoms with E-state index in [0.29, 0.717) is 11.3 Å². The van der Waals surface area contributed by atoms with E-state index in [9.17, 15) is 18.0 Å². The van der Waals surface area contributed by atoms with Crippen LogP contribution in [0.4, 0.5) is 13.2 Å². The average Bonchev–Trinajstić information content (AvgIpc) is 2.97. The Morgan fingerprint density at radius 3 is 2.62 bits per heavy atom. The lowest BCUT2D eigenvalue weighted by Gasteiger charge is -2.28. The number of halogens is 3. The fourth-order valence-electron chi connectivity index (χ4n) is 2.36. The Morgan fingerprint density at radius 1 is 1.38 bits per heavy atom. The van der Waals surface area contributed by atoms with Crippen LogP contribution in [0.15, 0.2) is 30.3 Å². The van der Waals surface area contributed by atoms with Gasteiger partial charge >= 0.3 is 6.18 Å². The third-order valence-corrected chi connectivity index (χ3v) is 3.64. The Hall–Kier alpha value is -2.35. The van der Waals surface area contributed by atoms with E-state index in [1.54, 1.807) is 19.1 Å². The van der Waals surface area contributed by atoms with Gasteiger partial charge in [0.15, 0.2) is 0 Å². The minimum absolute atomic E-state index is 0.0625. The average molecular weight is 341 g/mol. The SMILES string of the molecule is COC[C@H](c1cccc(C(F)(F)F)c1)N(C)C(=O)c1cc(C)[nH]n1. The molecular weight excluding hydrogens is 323 g/mol. The lowest BCUT2D eigenvalue weighted by Crippen LogP contribution is -2.34. The van der Waals surface area contributed by atoms with Crippen molar-refractivity contribution < 1.29 is 22.7 Å². The van der Waals surface area contributed by atoms with E-state index in [0.717, 1.165) is 12.1 Å². The number of rotatable bonds is 5. The molecule has 1 heterocycles. The van der Waals surface area contributed by atoms with Gasteiger partial charge in [-0.1, -0.05) is 12.1 Å². The highest BCUT2D eigenvalue weighted by molar-refractivity contribution is 5.92. The number of nitrogens with one attached hydrogen (secondary N) is 1. The molecule has 0 bridgehead atoms. The van der Waals surface area contributed by atoms with Crippen LogP contribution < -0.4 is 0 Å². The lowest BCUT2D eigenvalue weighted by atomic mass is 10.0. The molecule has 1 aromatic carbocycles. The molecule has 0 aliphatic heterocycles. The summed E-state index contributed by atoms with van der Waals surface area (Å²) in [5.74, 6) is -0.404. The van der Waals surface area contributed by atoms with E-state index in [1.165, 1.54) is 25.1 Å². The highest BCUT2D eigenvalue weighted by Crippen LogP contribution is 2.32. The minimum Gasteiger partial charge on any atom is -0.382 e. The molecule has 1 amide bonds. The molecule has 0 spiro atoms. The zero-order valence-corrected chi connectivity index (χ0v) is 13.5. The molecule has 0 aliphatic carbocycles. The third kappa shape index (κ3) is 3.94. The number of hydrogen-bond acceptors (Lipinski definition) is 3. The van der Waals surface area contributed by atoms with Crippen molar-refractivity contribution in [1.29, 1.82) is 0 Å². The summed E-state index contributed by atoms with van der Waals surface area (Å²) in [6, 6.07) is 5.79. The number of ether oxygens (including phenoxy) is 1. The summed E-state index contributed by atoms with van der Waals surface area (Å²) in [6.07, 6.45) is -4.45. The number of aromatic amines is 1. The highest BCUT2D eigenvalue weighted by Gasteiger charge is 2.32. The summed E-state index contributed by atoms with van der Waals surface area (Å²) < 4.78 is 43.8. The molecule has 0 saturated heterocycles. The van der Waals surface area contributed by atoms with Crippen molar-refractivity contribution in [1.82, 2.24) is 15.1 Å². The fourth-order valence-corrected chi connectivity index (χ4v) is 2.36. The molecule has 0 aliphatic rings. The largest absolute Gasteiger partial charge is 0.416 e. The van der Waals surface area contributed by atoms with Gasteiger partial charge < -0.3 is 9.64 Å². The number of alkyl halides is 3. The smallest absolute Gasteiger partial charge is 0.382 e. The Morgan fingerprint density at radius 2 is 2.08 bits per heavy atom. The first-order chi connectivity index (χ1) is 11.2. The zero-order chi connectivity index (χ0) is 17.9. The molecule has 0 radical (unpaired) electrons. The molecule has 8 heteroatoms. The fraction of sp³-hybridized carbons (Fsp3) is 0.375. The number of carbonyl (C=O) groups is 1. The number of benzene rings is 1. The monoisotopic (exact) mass is 341 g/mol. The van der Waals surface area contributed by atoms with E-state index in [-0.39, 0.29) is 12.3 Å². The summed E-state index contributed by atoms with van der Waals surface area (Å²) >= 11 is 0. The van der Waals surface area contributed by atoms with E-state index in [2.05, 4.69) is 10.2 Å². The van der Waals surface area contributed by atoms with Crippen LogP contribution >= 0.6 is 0 Å². The molecule has 0 saturated carbocycles. The molecule has 5 nitrogen and oxygen atoms in total. The number of carbonyl (C=O) groups excluding carboxylic acids is 1. The van der Waals surface area contributed by atoms with E-state index >= 15 is 0 Å². The molecule has 2 aromatic rings. The molecule has 1 atom stereocenters. The van der Waals surface area contributed by atoms with Gasteiger partial charge in [0.05, 0.1) is 18.2 Å². The second-order valence-corrected chi connectivity index (χ2v) is 5.45. The number of amides is 1. The van der Waals surface area contributed by atoms with Gasteiger partial charge in [0.25, 0.3) is 5.91 Å². The molecular formula is C16H18F3N3O2. The van der Waals surface area contributed by atoms with Crippen molar-refractivity contribution in [2.75, 3.05) is 20.8 Å². The first kappa shape index (κ1) is 18.0. The van der Waals surface area contributed by atoms with Crippen LogP contribution in [0.1, 0.15) is 33.4 Å². The summed E-state index contributed by atoms with van der Waals surface area (Å²) in [7, 11) is 2.94. The number of aromatic nitrogens is 2. The number of aryl methyl sites for hydroxylation is 1. The maximum atomic E-state index is 12.9. The van der Waals surface area contributed by atoms with Crippen LogP contribution in [-0.4, -0.2) is 41.8 Å². The molecule has 2 rings (SSSR count). The summed E-state index contributed by atoms with van der Waals surface area (Å²) in [5, 5.41) is 6.56. The van der Waals surface area contributed by atoms with Crippen molar-refractivity contribution in [3.8, 4) is 0 Å². The number of hydrogen-bond donors (Lipinski definition) is 1. The highest BCUT2D eigenvalue weighted by atomic mass is 19.4. The van der Waals surface area contributed by atoms with Gasteiger partial charge in [-0.3, -0.25) is 9.89 Å². The van der Waals surface area contributed by atoms with Crippen molar-refractivity contribution >= 4 is 5.91 Å². The Balaban J connectivity index is 2.33. The van der Waals surface area contributed by atoms with Crippen LogP contribution in [-0.2, 0) is 10.9 Å². The molecule has 1 N–H and O–H groups in total. The molecule has 130 valence electrons. The van der Waals surface area contributed by atoms with Crippen LogP contribution in [0.2, 0.25) is 0 Å². The van der Waals surface area contributed by atoms with E-state index in [1.807, 2.05) is 0 Å². The molecule has 0 fully saturated rings. The van der Waals surface area contributed by atoms with E-state index in [4.69, 9.17) is 4.74 Å². The topological polar surface area (TPSA) is 58.2 Å². The molecule has 24 heavy (non-hydrogen) atoms. The van der Waals surface area contributed by atoms with Crippen molar-refractivity contribution in [2.45, 2.75) is 19.1 Å². The van der Waals surface area contributed by atoms with Crippen molar-refractivity contribution in [3.05, 3.63) is 52.8 Å². The normalized spacial score (nSPS) is 12.9. The summed E-state index contributed by atoms with van der Waals surface area (Å²) in [5.41, 5.74) is 0.490. The van der Waals surface area contributed by atoms with Crippen molar-refractivity contribution in [3.63, 3.8) is 0 Å². The van der Waals surface area contributed by atoms with Gasteiger partial charge in [-0.15, -0.1) is 0 Å². The number of methoxy groups -OCH3 is 1. The van der Waals surface area contributed by atoms with Crippen LogP contribution in [0.5, 0.6) is 0 Å². The van der Waals surface area contributed by atoms with Crippen LogP contribution in [0.3, 0.4) is 0 Å². The molecule has 1 aromatic heterocycles. The molecule has 0 unspecified atom stereocenters. The van der Waals surface area contributed by atoms with Gasteiger partial charge in [-0.2, -0.15) is 18.3 Å². The van der Waals surface area contributed by atoms with Gasteiger partial charge in [0, 0.05) is 19.9 Å². The number of likely N-dealkylation sites (N-methyl/N-ethyl adjacent to an activating group) is 1. The first-order valence-electron chi connectivity index (χ1n) is 7.19. The van der Waals surface area contributed by atoms with Crippen LogP contribution in [0.25, 0.3) is 0 Å². The summed E-state index contributed by atoms with van der Waals surface area (Å²) in [6.45, 7) is 1.82. The lowest BCUT2D eigenvalue weighted by molar-refractivity contribution is -0.137. The Labute approximate surface area is 137 Å². The number of H-pyrrole nitrogens is 1. The zero-order valence-electron chi connectivity index (χ0n) is 13.5. The number of nitrogens with zero attached hydrogens (tertiary/aromatic N) is 2. The third-order valence-electron chi connectivity index (χ3n) is 3.64.